The molecule has 0 saturated carbocycles. The Morgan fingerprint density at radius 3 is 3.00 bits per heavy atom. The van der Waals surface area contributed by atoms with E-state index in [0.29, 0.717) is 5.69 Å². The third kappa shape index (κ3) is 2.15. The van der Waals surface area contributed by atoms with E-state index in [1.807, 2.05) is 0 Å². The molecule has 0 saturated heterocycles. The van der Waals surface area contributed by atoms with E-state index < -0.39 is 0 Å². The zero-order chi connectivity index (χ0) is 8.10. The van der Waals surface area contributed by atoms with Crippen molar-refractivity contribution >= 4 is 5.69 Å². The smallest absolute Gasteiger partial charge is 0.0684 e. The number of azide groups is 1. The van der Waals surface area contributed by atoms with Crippen molar-refractivity contribution < 1.29 is 0 Å². The minimum absolute atomic E-state index is 0.275. The van der Waals surface area contributed by atoms with Gasteiger partial charge in [0.2, 0.25) is 0 Å². The Morgan fingerprint density at radius 2 is 2.45 bits per heavy atom. The molecule has 0 aromatic carbocycles. The highest BCUT2D eigenvalue weighted by Gasteiger charge is 1.89. The van der Waals surface area contributed by atoms with Crippen LogP contribution in [0.2, 0.25) is 0 Å². The molecule has 0 amide bonds. The van der Waals surface area contributed by atoms with Crippen LogP contribution in [0.15, 0.2) is 23.4 Å². The van der Waals surface area contributed by atoms with Crippen LogP contribution < -0.4 is 5.73 Å². The van der Waals surface area contributed by atoms with Crippen molar-refractivity contribution in [2.75, 3.05) is 5.73 Å². The molecule has 0 fully saturated rings. The first-order chi connectivity index (χ1) is 5.33. The molecule has 0 spiro atoms. The molecule has 56 valence electrons. The minimum atomic E-state index is 0.275. The Hall–Kier alpha value is -1.74. The van der Waals surface area contributed by atoms with Crippen LogP contribution in [0.4, 0.5) is 5.69 Å². The summed E-state index contributed by atoms with van der Waals surface area (Å²) in [5.41, 5.74) is 14.7. The molecule has 0 unspecified atom stereocenters. The van der Waals surface area contributed by atoms with E-state index in [1.54, 1.807) is 12.1 Å². The maximum Gasteiger partial charge on any atom is 0.0684 e. The number of hydrogen-bond acceptors (Lipinski definition) is 3. The van der Waals surface area contributed by atoms with Crippen LogP contribution in [-0.2, 0) is 6.54 Å². The van der Waals surface area contributed by atoms with E-state index in [4.69, 9.17) is 11.3 Å². The van der Waals surface area contributed by atoms with E-state index in [1.165, 1.54) is 6.20 Å². The Bertz CT molecular complexity index is 272. The van der Waals surface area contributed by atoms with Gasteiger partial charge in [0.15, 0.2) is 0 Å². The Labute approximate surface area is 63.5 Å². The first-order valence-corrected chi connectivity index (χ1v) is 3.04. The van der Waals surface area contributed by atoms with Crippen molar-refractivity contribution in [2.45, 2.75) is 6.54 Å². The molecule has 1 heterocycles. The predicted octanol–water partition coefficient (Wildman–Crippen LogP) is 1.47. The molecule has 5 heteroatoms. The fourth-order valence-corrected chi connectivity index (χ4v) is 0.634. The summed E-state index contributed by atoms with van der Waals surface area (Å²) >= 11 is 0. The fourth-order valence-electron chi connectivity index (χ4n) is 0.634. The van der Waals surface area contributed by atoms with Gasteiger partial charge in [0.1, 0.15) is 0 Å². The molecule has 2 N–H and O–H groups in total. The molecule has 0 radical (unpaired) electrons. The summed E-state index contributed by atoms with van der Waals surface area (Å²) in [7, 11) is 0. The summed E-state index contributed by atoms with van der Waals surface area (Å²) in [6.45, 7) is 0.275. The number of rotatable bonds is 2. The normalized spacial score (nSPS) is 8.73. The lowest BCUT2D eigenvalue weighted by Crippen LogP contribution is -1.89. The number of anilines is 1. The Balaban J connectivity index is 2.73. The van der Waals surface area contributed by atoms with Gasteiger partial charge in [-0.2, -0.15) is 0 Å². The molecule has 1 aromatic heterocycles. The second-order valence-electron chi connectivity index (χ2n) is 1.97. The summed E-state index contributed by atoms with van der Waals surface area (Å²) < 4.78 is 0. The van der Waals surface area contributed by atoms with Crippen LogP contribution in [0.3, 0.4) is 0 Å². The van der Waals surface area contributed by atoms with Crippen molar-refractivity contribution in [3.05, 3.63) is 34.5 Å². The van der Waals surface area contributed by atoms with Crippen molar-refractivity contribution in [1.29, 1.82) is 0 Å². The number of hydrogen-bond donors (Lipinski definition) is 1. The second kappa shape index (κ2) is 3.43. The predicted molar refractivity (Wildman–Crippen MR) is 41.5 cm³/mol. The first kappa shape index (κ1) is 7.37. The van der Waals surface area contributed by atoms with Crippen molar-refractivity contribution in [3.63, 3.8) is 0 Å². The van der Waals surface area contributed by atoms with Gasteiger partial charge >= 0.3 is 0 Å². The zero-order valence-corrected chi connectivity index (χ0v) is 5.81. The lowest BCUT2D eigenvalue weighted by Gasteiger charge is -1.93. The molecule has 1 rings (SSSR count). The topological polar surface area (TPSA) is 87.7 Å². The third-order valence-electron chi connectivity index (χ3n) is 1.14. The molecule has 0 aliphatic carbocycles. The summed E-state index contributed by atoms with van der Waals surface area (Å²) in [6, 6.07) is 3.44. The van der Waals surface area contributed by atoms with Gasteiger partial charge in [-0.1, -0.05) is 5.11 Å². The summed E-state index contributed by atoms with van der Waals surface area (Å²) in [6.07, 6.45) is 1.53. The van der Waals surface area contributed by atoms with Gasteiger partial charge in [0, 0.05) is 10.6 Å². The second-order valence-corrected chi connectivity index (χ2v) is 1.97. The number of nitrogens with zero attached hydrogens (tertiary/aromatic N) is 4. The van der Waals surface area contributed by atoms with E-state index >= 15 is 0 Å². The van der Waals surface area contributed by atoms with Gasteiger partial charge in [-0.15, -0.1) is 0 Å². The third-order valence-corrected chi connectivity index (χ3v) is 1.14. The van der Waals surface area contributed by atoms with Crippen molar-refractivity contribution in [3.8, 4) is 0 Å². The average molecular weight is 149 g/mol. The molecule has 0 atom stereocenters. The molecular formula is C6H7N5. The molecule has 11 heavy (non-hydrogen) atoms. The quantitative estimate of drug-likeness (QED) is 0.392. The number of nitrogens with two attached hydrogens (primary N) is 1. The van der Waals surface area contributed by atoms with Gasteiger partial charge in [0.05, 0.1) is 18.4 Å². The lowest BCUT2D eigenvalue weighted by atomic mass is 10.3. The van der Waals surface area contributed by atoms with E-state index in [9.17, 15) is 0 Å². The van der Waals surface area contributed by atoms with E-state index in [2.05, 4.69) is 15.0 Å². The zero-order valence-electron chi connectivity index (χ0n) is 5.81. The lowest BCUT2D eigenvalue weighted by molar-refractivity contribution is 0.977. The highest BCUT2D eigenvalue weighted by molar-refractivity contribution is 5.34. The van der Waals surface area contributed by atoms with E-state index in [0.717, 1.165) is 5.69 Å². The highest BCUT2D eigenvalue weighted by Crippen LogP contribution is 2.01. The monoisotopic (exact) mass is 149 g/mol. The fraction of sp³-hybridized carbons (Fsp3) is 0.167. The molecule has 0 aliphatic heterocycles. The highest BCUT2D eigenvalue weighted by atomic mass is 15.1. The summed E-state index contributed by atoms with van der Waals surface area (Å²) in [5, 5.41) is 3.35. The SMILES string of the molecule is [N-]=[N+]=NCc1ccc(N)cn1. The molecule has 0 aliphatic rings. The number of aromatic nitrogens is 1. The van der Waals surface area contributed by atoms with Gasteiger partial charge in [-0.25, -0.2) is 0 Å². The molecule has 1 aromatic rings. The minimum Gasteiger partial charge on any atom is -0.397 e. The van der Waals surface area contributed by atoms with Gasteiger partial charge < -0.3 is 5.73 Å². The Kier molecular flexibility index (Phi) is 2.30. The van der Waals surface area contributed by atoms with Crippen LogP contribution in [-0.4, -0.2) is 4.98 Å². The van der Waals surface area contributed by atoms with Gasteiger partial charge in [-0.05, 0) is 17.7 Å². The molecule has 0 bridgehead atoms. The van der Waals surface area contributed by atoms with Gasteiger partial charge in [-0.3, -0.25) is 4.98 Å². The van der Waals surface area contributed by atoms with Crippen LogP contribution in [0.25, 0.3) is 10.4 Å². The Morgan fingerprint density at radius 1 is 1.64 bits per heavy atom. The number of nitrogen functional groups attached to an aromatic ring is 1. The summed E-state index contributed by atoms with van der Waals surface area (Å²) in [4.78, 5) is 6.53. The maximum absolute atomic E-state index is 7.99. The van der Waals surface area contributed by atoms with Crippen LogP contribution in [0, 0.1) is 0 Å². The number of pyridine rings is 1. The van der Waals surface area contributed by atoms with Crippen LogP contribution >= 0.6 is 0 Å². The standard InChI is InChI=1S/C6H7N5/c7-5-1-2-6(9-3-5)4-10-11-8/h1-3H,4,7H2. The van der Waals surface area contributed by atoms with E-state index in [-0.39, 0.29) is 6.54 Å². The molecule has 5 nitrogen and oxygen atoms in total. The first-order valence-electron chi connectivity index (χ1n) is 3.04. The van der Waals surface area contributed by atoms with Crippen molar-refractivity contribution in [2.24, 2.45) is 5.11 Å². The van der Waals surface area contributed by atoms with Gasteiger partial charge in [0.25, 0.3) is 0 Å². The summed E-state index contributed by atoms with van der Waals surface area (Å²) in [5.74, 6) is 0. The maximum atomic E-state index is 7.99. The van der Waals surface area contributed by atoms with Crippen LogP contribution in [0.1, 0.15) is 5.69 Å². The average Bonchev–Trinajstić information content (AvgIpc) is 2.04. The van der Waals surface area contributed by atoms with Crippen LogP contribution in [0.5, 0.6) is 0 Å². The molecular weight excluding hydrogens is 142 g/mol. The van der Waals surface area contributed by atoms with Crippen molar-refractivity contribution in [1.82, 2.24) is 4.98 Å². The largest absolute Gasteiger partial charge is 0.397 e.